The number of benzene rings is 1. The van der Waals surface area contributed by atoms with Crippen molar-refractivity contribution in [2.24, 2.45) is 7.05 Å². The Morgan fingerprint density at radius 2 is 2.17 bits per heavy atom. The molecule has 1 heterocycles. The molecule has 0 radical (unpaired) electrons. The maximum Gasteiger partial charge on any atom is 0.123 e. The molecule has 0 aliphatic heterocycles. The van der Waals surface area contributed by atoms with Crippen LogP contribution in [0.25, 0.3) is 0 Å². The second kappa shape index (κ2) is 5.31. The summed E-state index contributed by atoms with van der Waals surface area (Å²) in [5.41, 5.74) is 2.49. The van der Waals surface area contributed by atoms with E-state index in [1.54, 1.807) is 10.7 Å². The highest BCUT2D eigenvalue weighted by atomic mass is 19.1. The summed E-state index contributed by atoms with van der Waals surface area (Å²) in [5, 5.41) is 14.5. The Bertz CT molecular complexity index is 536. The van der Waals surface area contributed by atoms with Gasteiger partial charge in [0, 0.05) is 13.5 Å². The lowest BCUT2D eigenvalue weighted by atomic mass is 10.1. The first-order valence-corrected chi connectivity index (χ1v) is 6.05. The van der Waals surface area contributed by atoms with Crippen LogP contribution in [0.4, 0.5) is 4.39 Å². The number of aryl methyl sites for hydroxylation is 2. The predicted octanol–water partition coefficient (Wildman–Crippen LogP) is 2.40. The zero-order valence-electron chi connectivity index (χ0n) is 10.6. The Morgan fingerprint density at radius 1 is 1.39 bits per heavy atom. The summed E-state index contributed by atoms with van der Waals surface area (Å²) < 4.78 is 14.7. The van der Waals surface area contributed by atoms with Gasteiger partial charge in [0.1, 0.15) is 5.82 Å². The molecule has 0 aliphatic carbocycles. The van der Waals surface area contributed by atoms with Crippen molar-refractivity contribution in [3.05, 3.63) is 53.1 Å². The van der Waals surface area contributed by atoms with Crippen molar-refractivity contribution in [3.8, 4) is 0 Å². The summed E-state index contributed by atoms with van der Waals surface area (Å²) in [6, 6.07) is 8.20. The molecule has 0 saturated carbocycles. The quantitative estimate of drug-likeness (QED) is 0.902. The third-order valence-corrected chi connectivity index (χ3v) is 2.99. The highest BCUT2D eigenvalue weighted by Gasteiger charge is 2.14. The molecule has 1 aromatic heterocycles. The van der Waals surface area contributed by atoms with Gasteiger partial charge in [0.05, 0.1) is 17.5 Å². The summed E-state index contributed by atoms with van der Waals surface area (Å²) >= 11 is 0. The number of aliphatic hydroxyl groups is 1. The van der Waals surface area contributed by atoms with Gasteiger partial charge < -0.3 is 5.11 Å². The van der Waals surface area contributed by atoms with Crippen molar-refractivity contribution in [2.75, 3.05) is 0 Å². The van der Waals surface area contributed by atoms with E-state index in [0.29, 0.717) is 6.42 Å². The van der Waals surface area contributed by atoms with Crippen LogP contribution in [0.15, 0.2) is 30.3 Å². The van der Waals surface area contributed by atoms with Crippen LogP contribution in [0.5, 0.6) is 0 Å². The van der Waals surface area contributed by atoms with Gasteiger partial charge in [0.2, 0.25) is 0 Å². The SMILES string of the molecule is CCc1cc(C(O)Cc2cccc(F)c2)n(C)n1. The van der Waals surface area contributed by atoms with Crippen LogP contribution in [-0.2, 0) is 19.9 Å². The van der Waals surface area contributed by atoms with E-state index in [0.717, 1.165) is 23.4 Å². The predicted molar refractivity (Wildman–Crippen MR) is 67.6 cm³/mol. The third-order valence-electron chi connectivity index (χ3n) is 2.99. The summed E-state index contributed by atoms with van der Waals surface area (Å²) in [4.78, 5) is 0. The van der Waals surface area contributed by atoms with Crippen LogP contribution in [0.1, 0.15) is 30.0 Å². The zero-order chi connectivity index (χ0) is 13.1. The van der Waals surface area contributed by atoms with E-state index in [1.165, 1.54) is 12.1 Å². The van der Waals surface area contributed by atoms with Crippen LogP contribution in [-0.4, -0.2) is 14.9 Å². The Morgan fingerprint density at radius 3 is 2.78 bits per heavy atom. The molecule has 0 fully saturated rings. The van der Waals surface area contributed by atoms with E-state index in [-0.39, 0.29) is 5.82 Å². The number of nitrogens with zero attached hydrogens (tertiary/aromatic N) is 2. The molecular formula is C14H17FN2O. The number of aromatic nitrogens is 2. The van der Waals surface area contributed by atoms with Crippen LogP contribution in [0.2, 0.25) is 0 Å². The van der Waals surface area contributed by atoms with Crippen molar-refractivity contribution in [1.82, 2.24) is 9.78 Å². The summed E-state index contributed by atoms with van der Waals surface area (Å²) in [7, 11) is 1.81. The Hall–Kier alpha value is -1.68. The summed E-state index contributed by atoms with van der Waals surface area (Å²) in [5.74, 6) is -0.279. The van der Waals surface area contributed by atoms with Crippen LogP contribution < -0.4 is 0 Å². The second-order valence-corrected chi connectivity index (χ2v) is 4.39. The molecule has 1 atom stereocenters. The van der Waals surface area contributed by atoms with Crippen molar-refractivity contribution >= 4 is 0 Å². The van der Waals surface area contributed by atoms with Gasteiger partial charge in [-0.15, -0.1) is 0 Å². The molecule has 0 amide bonds. The standard InChI is InChI=1S/C14H17FN2O/c1-3-12-9-13(17(2)16-12)14(18)8-10-5-4-6-11(15)7-10/h4-7,9,14,18H,3,8H2,1-2H3. The van der Waals surface area contributed by atoms with Gasteiger partial charge in [-0.05, 0) is 30.2 Å². The van der Waals surface area contributed by atoms with E-state index in [1.807, 2.05) is 26.1 Å². The van der Waals surface area contributed by atoms with Crippen molar-refractivity contribution < 1.29 is 9.50 Å². The van der Waals surface area contributed by atoms with E-state index in [2.05, 4.69) is 5.10 Å². The van der Waals surface area contributed by atoms with Crippen molar-refractivity contribution in [1.29, 1.82) is 0 Å². The van der Waals surface area contributed by atoms with Gasteiger partial charge in [0.25, 0.3) is 0 Å². The number of aliphatic hydroxyl groups excluding tert-OH is 1. The van der Waals surface area contributed by atoms with Gasteiger partial charge in [-0.1, -0.05) is 19.1 Å². The van der Waals surface area contributed by atoms with Crippen molar-refractivity contribution in [2.45, 2.75) is 25.9 Å². The van der Waals surface area contributed by atoms with Gasteiger partial charge in [0.15, 0.2) is 0 Å². The molecule has 0 bridgehead atoms. The first-order chi connectivity index (χ1) is 8.60. The molecular weight excluding hydrogens is 231 g/mol. The fraction of sp³-hybridized carbons (Fsp3) is 0.357. The molecule has 1 unspecified atom stereocenters. The molecule has 2 rings (SSSR count). The first kappa shape index (κ1) is 12.8. The highest BCUT2D eigenvalue weighted by molar-refractivity contribution is 5.20. The topological polar surface area (TPSA) is 38.0 Å². The molecule has 0 spiro atoms. The van der Waals surface area contributed by atoms with Gasteiger partial charge in [-0.25, -0.2) is 4.39 Å². The number of halogens is 1. The Kier molecular flexibility index (Phi) is 3.77. The lowest BCUT2D eigenvalue weighted by Crippen LogP contribution is -2.08. The normalized spacial score (nSPS) is 12.7. The Balaban J connectivity index is 2.16. The smallest absolute Gasteiger partial charge is 0.123 e. The van der Waals surface area contributed by atoms with Crippen LogP contribution in [0, 0.1) is 5.82 Å². The van der Waals surface area contributed by atoms with Crippen LogP contribution in [0.3, 0.4) is 0 Å². The first-order valence-electron chi connectivity index (χ1n) is 6.05. The highest BCUT2D eigenvalue weighted by Crippen LogP contribution is 2.19. The minimum absolute atomic E-state index is 0.279. The summed E-state index contributed by atoms with van der Waals surface area (Å²) in [6.45, 7) is 2.02. The van der Waals surface area contributed by atoms with E-state index in [4.69, 9.17) is 0 Å². The Labute approximate surface area is 106 Å². The van der Waals surface area contributed by atoms with E-state index in [9.17, 15) is 9.50 Å². The van der Waals surface area contributed by atoms with Crippen LogP contribution >= 0.6 is 0 Å². The van der Waals surface area contributed by atoms with E-state index < -0.39 is 6.10 Å². The van der Waals surface area contributed by atoms with Gasteiger partial charge in [-0.2, -0.15) is 5.10 Å². The monoisotopic (exact) mass is 248 g/mol. The lowest BCUT2D eigenvalue weighted by molar-refractivity contribution is 0.168. The number of rotatable bonds is 4. The maximum absolute atomic E-state index is 13.1. The van der Waals surface area contributed by atoms with Gasteiger partial charge in [-0.3, -0.25) is 4.68 Å². The molecule has 2 aromatic rings. The molecule has 1 N–H and O–H groups in total. The lowest BCUT2D eigenvalue weighted by Gasteiger charge is -2.10. The largest absolute Gasteiger partial charge is 0.386 e. The van der Waals surface area contributed by atoms with Gasteiger partial charge >= 0.3 is 0 Å². The molecule has 18 heavy (non-hydrogen) atoms. The molecule has 4 heteroatoms. The summed E-state index contributed by atoms with van der Waals surface area (Å²) in [6.07, 6.45) is 0.561. The maximum atomic E-state index is 13.1. The molecule has 0 saturated heterocycles. The third kappa shape index (κ3) is 2.76. The van der Waals surface area contributed by atoms with E-state index >= 15 is 0 Å². The fourth-order valence-corrected chi connectivity index (χ4v) is 2.02. The average molecular weight is 248 g/mol. The molecule has 0 aliphatic rings. The fourth-order valence-electron chi connectivity index (χ4n) is 2.02. The number of hydrogen-bond donors (Lipinski definition) is 1. The zero-order valence-corrected chi connectivity index (χ0v) is 10.6. The molecule has 96 valence electrons. The second-order valence-electron chi connectivity index (χ2n) is 4.39. The number of hydrogen-bond acceptors (Lipinski definition) is 2. The van der Waals surface area contributed by atoms with Crippen molar-refractivity contribution in [3.63, 3.8) is 0 Å². The minimum Gasteiger partial charge on any atom is -0.386 e. The minimum atomic E-state index is -0.662. The average Bonchev–Trinajstić information content (AvgIpc) is 2.70. The molecule has 1 aromatic carbocycles. The molecule has 3 nitrogen and oxygen atoms in total.